The summed E-state index contributed by atoms with van der Waals surface area (Å²) in [5.74, 6) is 0. The Morgan fingerprint density at radius 3 is 1.56 bits per heavy atom. The van der Waals surface area contributed by atoms with E-state index in [9.17, 15) is 20.2 Å². The Bertz CT molecular complexity index is 510. The molecule has 8 heteroatoms. The van der Waals surface area contributed by atoms with Gasteiger partial charge in [-0.1, -0.05) is 0 Å². The maximum absolute atomic E-state index is 10.7. The van der Waals surface area contributed by atoms with Crippen molar-refractivity contribution in [1.29, 1.82) is 0 Å². The van der Waals surface area contributed by atoms with Gasteiger partial charge in [-0.05, 0) is 10.8 Å². The van der Waals surface area contributed by atoms with Gasteiger partial charge in [-0.15, -0.1) is 22.7 Å². The van der Waals surface area contributed by atoms with Crippen molar-refractivity contribution in [2.24, 2.45) is 0 Å². The maximum Gasteiger partial charge on any atom is 0.288 e. The molecule has 82 valence electrons. The molecule has 0 amide bonds. The van der Waals surface area contributed by atoms with Gasteiger partial charge in [0.05, 0.1) is 9.85 Å². The lowest BCUT2D eigenvalue weighted by Crippen LogP contribution is -1.89. The molecule has 16 heavy (non-hydrogen) atoms. The summed E-state index contributed by atoms with van der Waals surface area (Å²) in [4.78, 5) is 21.0. The van der Waals surface area contributed by atoms with Crippen molar-refractivity contribution in [3.05, 3.63) is 43.1 Å². The summed E-state index contributed by atoms with van der Waals surface area (Å²) < 4.78 is 0. The van der Waals surface area contributed by atoms with Gasteiger partial charge in [-0.3, -0.25) is 20.2 Å². The van der Waals surface area contributed by atoms with E-state index in [0.29, 0.717) is 9.75 Å². The molecule has 0 bridgehead atoms. The molecule has 0 fully saturated rings. The second-order valence-corrected chi connectivity index (χ2v) is 4.62. The zero-order valence-electron chi connectivity index (χ0n) is 7.65. The first-order valence-electron chi connectivity index (χ1n) is 4.05. The second kappa shape index (κ2) is 3.99. The predicted molar refractivity (Wildman–Crippen MR) is 60.9 cm³/mol. The first-order chi connectivity index (χ1) is 7.61. The van der Waals surface area contributed by atoms with Crippen LogP contribution in [0.4, 0.5) is 11.4 Å². The maximum atomic E-state index is 10.7. The van der Waals surface area contributed by atoms with Gasteiger partial charge in [0.25, 0.3) is 11.4 Å². The third-order valence-corrected chi connectivity index (χ3v) is 3.86. The molecule has 0 aliphatic heterocycles. The molecular formula is C8H4N2O4S2. The average molecular weight is 256 g/mol. The Kier molecular flexibility index (Phi) is 2.67. The van der Waals surface area contributed by atoms with Crippen LogP contribution in [0.3, 0.4) is 0 Å². The highest BCUT2D eigenvalue weighted by Gasteiger charge is 2.25. The molecular weight excluding hydrogens is 252 g/mol. The van der Waals surface area contributed by atoms with Crippen LogP contribution in [0.25, 0.3) is 9.75 Å². The monoisotopic (exact) mass is 256 g/mol. The van der Waals surface area contributed by atoms with Crippen LogP contribution >= 0.6 is 22.7 Å². The number of nitro groups is 2. The second-order valence-electron chi connectivity index (χ2n) is 2.78. The highest BCUT2D eigenvalue weighted by molar-refractivity contribution is 7.21. The van der Waals surface area contributed by atoms with Gasteiger partial charge in [0.15, 0.2) is 0 Å². The zero-order valence-corrected chi connectivity index (χ0v) is 9.29. The Morgan fingerprint density at radius 2 is 1.25 bits per heavy atom. The van der Waals surface area contributed by atoms with Crippen LogP contribution in [0, 0.1) is 20.2 Å². The van der Waals surface area contributed by atoms with Crippen molar-refractivity contribution in [2.45, 2.75) is 0 Å². The minimum absolute atomic E-state index is 0.0875. The average Bonchev–Trinajstić information content (AvgIpc) is 2.85. The van der Waals surface area contributed by atoms with Crippen molar-refractivity contribution in [1.82, 2.24) is 0 Å². The van der Waals surface area contributed by atoms with Gasteiger partial charge >= 0.3 is 0 Å². The lowest BCUT2D eigenvalue weighted by molar-refractivity contribution is -0.385. The summed E-state index contributed by atoms with van der Waals surface area (Å²) in [6.07, 6.45) is 0. The van der Waals surface area contributed by atoms with Gasteiger partial charge in [-0.25, -0.2) is 0 Å². The van der Waals surface area contributed by atoms with Crippen LogP contribution < -0.4 is 0 Å². The van der Waals surface area contributed by atoms with Crippen molar-refractivity contribution in [3.8, 4) is 9.75 Å². The van der Waals surface area contributed by atoms with E-state index in [0.717, 1.165) is 22.7 Å². The summed E-state index contributed by atoms with van der Waals surface area (Å²) in [6.45, 7) is 0. The summed E-state index contributed by atoms with van der Waals surface area (Å²) in [6, 6.07) is 2.70. The molecule has 0 aliphatic carbocycles. The van der Waals surface area contributed by atoms with E-state index >= 15 is 0 Å². The number of hydrogen-bond acceptors (Lipinski definition) is 6. The Morgan fingerprint density at radius 1 is 0.875 bits per heavy atom. The highest BCUT2D eigenvalue weighted by Crippen LogP contribution is 2.43. The van der Waals surface area contributed by atoms with E-state index in [1.807, 2.05) is 0 Å². The third-order valence-electron chi connectivity index (χ3n) is 1.89. The highest BCUT2D eigenvalue weighted by atomic mass is 32.1. The fraction of sp³-hybridized carbons (Fsp3) is 0. The molecule has 0 radical (unpaired) electrons. The molecule has 0 aliphatic rings. The Hall–Kier alpha value is -1.80. The van der Waals surface area contributed by atoms with Gasteiger partial charge in [0, 0.05) is 12.1 Å². The lowest BCUT2D eigenvalue weighted by atomic mass is 10.3. The van der Waals surface area contributed by atoms with Crippen LogP contribution in [-0.4, -0.2) is 9.85 Å². The van der Waals surface area contributed by atoms with E-state index in [1.54, 1.807) is 10.8 Å². The largest absolute Gasteiger partial charge is 0.288 e. The smallest absolute Gasteiger partial charge is 0.258 e. The molecule has 2 aromatic heterocycles. The van der Waals surface area contributed by atoms with Crippen molar-refractivity contribution >= 4 is 34.0 Å². The van der Waals surface area contributed by atoms with Crippen LogP contribution in [0.15, 0.2) is 22.9 Å². The topological polar surface area (TPSA) is 86.3 Å². The van der Waals surface area contributed by atoms with Gasteiger partial charge in [-0.2, -0.15) is 0 Å². The normalized spacial score (nSPS) is 10.2. The Balaban J connectivity index is 2.59. The summed E-state index contributed by atoms with van der Waals surface area (Å²) in [5.41, 5.74) is -0.175. The molecule has 0 aromatic carbocycles. The number of thiophene rings is 2. The molecule has 0 N–H and O–H groups in total. The molecule has 2 aromatic rings. The van der Waals surface area contributed by atoms with Gasteiger partial charge in [0.2, 0.25) is 0 Å². The molecule has 6 nitrogen and oxygen atoms in total. The van der Waals surface area contributed by atoms with E-state index in [4.69, 9.17) is 0 Å². The fourth-order valence-corrected chi connectivity index (χ4v) is 3.14. The third kappa shape index (κ3) is 1.68. The minimum Gasteiger partial charge on any atom is -0.258 e. The van der Waals surface area contributed by atoms with E-state index in [-0.39, 0.29) is 11.4 Å². The van der Waals surface area contributed by atoms with Crippen LogP contribution in [0.1, 0.15) is 0 Å². The predicted octanol–water partition coefficient (Wildman–Crippen LogP) is 3.29. The van der Waals surface area contributed by atoms with Crippen molar-refractivity contribution < 1.29 is 9.85 Å². The van der Waals surface area contributed by atoms with E-state index < -0.39 is 9.85 Å². The van der Waals surface area contributed by atoms with Gasteiger partial charge in [0.1, 0.15) is 9.75 Å². The fourth-order valence-electron chi connectivity index (χ4n) is 1.23. The molecule has 0 unspecified atom stereocenters. The van der Waals surface area contributed by atoms with Crippen LogP contribution in [0.5, 0.6) is 0 Å². The van der Waals surface area contributed by atoms with E-state index in [2.05, 4.69) is 0 Å². The summed E-state index contributed by atoms with van der Waals surface area (Å²) in [7, 11) is 0. The molecule has 0 atom stereocenters. The lowest BCUT2D eigenvalue weighted by Gasteiger charge is -1.93. The van der Waals surface area contributed by atoms with Crippen LogP contribution in [0.2, 0.25) is 0 Å². The van der Waals surface area contributed by atoms with E-state index in [1.165, 1.54) is 12.1 Å². The molecule has 2 heterocycles. The quantitative estimate of drug-likeness (QED) is 0.622. The number of hydrogen-bond donors (Lipinski definition) is 0. The Labute approximate surface area is 97.1 Å². The van der Waals surface area contributed by atoms with Crippen LogP contribution in [-0.2, 0) is 0 Å². The number of rotatable bonds is 3. The molecule has 0 saturated carbocycles. The van der Waals surface area contributed by atoms with Gasteiger partial charge < -0.3 is 0 Å². The standard InChI is InChI=1S/C8H4N2O4S2/c11-9(12)5-1-3-15-7(5)8-6(10(13)14)2-4-16-8/h1-4H. The zero-order chi connectivity index (χ0) is 11.7. The summed E-state index contributed by atoms with van der Waals surface area (Å²) >= 11 is 2.26. The SMILES string of the molecule is O=[N+]([O-])c1ccsc1-c1sccc1[N+](=O)[O-]. The first-order valence-corrected chi connectivity index (χ1v) is 5.81. The molecule has 0 saturated heterocycles. The summed E-state index contributed by atoms with van der Waals surface area (Å²) in [5, 5.41) is 24.5. The van der Waals surface area contributed by atoms with Crippen molar-refractivity contribution in [2.75, 3.05) is 0 Å². The minimum atomic E-state index is -0.532. The number of nitrogens with zero attached hydrogens (tertiary/aromatic N) is 2. The van der Waals surface area contributed by atoms with Crippen molar-refractivity contribution in [3.63, 3.8) is 0 Å². The molecule has 0 spiro atoms. The first kappa shape index (κ1) is 10.7. The molecule has 2 rings (SSSR count).